The number of carbonyl (C=O) groups excluding carboxylic acids is 1. The van der Waals surface area contributed by atoms with Gasteiger partial charge in [0.15, 0.2) is 0 Å². The van der Waals surface area contributed by atoms with E-state index in [4.69, 9.17) is 4.84 Å². The number of hydrogen-bond acceptors (Lipinski definition) is 3. The van der Waals surface area contributed by atoms with Gasteiger partial charge in [-0.15, -0.1) is 0 Å². The van der Waals surface area contributed by atoms with E-state index in [1.165, 1.54) is 0 Å². The molecule has 0 spiro atoms. The van der Waals surface area contributed by atoms with Crippen molar-refractivity contribution >= 4 is 5.91 Å². The van der Waals surface area contributed by atoms with Crippen molar-refractivity contribution < 1.29 is 22.8 Å². The smallest absolute Gasteiger partial charge is 0.269 e. The topological polar surface area (TPSA) is 51.2 Å². The number of hydrogen-bond donors (Lipinski definition) is 1. The largest absolute Gasteiger partial charge is 0.417 e. The molecular formula is C14H11F3N2O2. The summed E-state index contributed by atoms with van der Waals surface area (Å²) in [6, 6.07) is 10.9. The Balaban J connectivity index is 1.89. The monoisotopic (exact) mass is 296 g/mol. The van der Waals surface area contributed by atoms with Gasteiger partial charge in [0.2, 0.25) is 0 Å². The van der Waals surface area contributed by atoms with E-state index in [9.17, 15) is 18.0 Å². The maximum Gasteiger partial charge on any atom is 0.417 e. The molecule has 0 radical (unpaired) electrons. The Morgan fingerprint density at radius 3 is 2.43 bits per heavy atom. The van der Waals surface area contributed by atoms with Crippen LogP contribution in [0, 0.1) is 0 Å². The lowest BCUT2D eigenvalue weighted by Crippen LogP contribution is -2.24. The molecule has 1 N–H and O–H groups in total. The number of pyridine rings is 1. The SMILES string of the molecule is O=C(NOCc1ccccc1)c1ccc(C(F)(F)F)cn1. The third-order valence-electron chi connectivity index (χ3n) is 2.57. The summed E-state index contributed by atoms with van der Waals surface area (Å²) >= 11 is 0. The summed E-state index contributed by atoms with van der Waals surface area (Å²) in [4.78, 5) is 20.0. The van der Waals surface area contributed by atoms with Crippen LogP contribution in [0.2, 0.25) is 0 Å². The quantitative estimate of drug-likeness (QED) is 0.883. The van der Waals surface area contributed by atoms with Crippen molar-refractivity contribution in [2.45, 2.75) is 12.8 Å². The third-order valence-corrected chi connectivity index (χ3v) is 2.57. The van der Waals surface area contributed by atoms with Crippen LogP contribution in [0.15, 0.2) is 48.7 Å². The Kier molecular flexibility index (Phi) is 4.54. The van der Waals surface area contributed by atoms with E-state index in [1.54, 1.807) is 0 Å². The minimum Gasteiger partial charge on any atom is -0.269 e. The summed E-state index contributed by atoms with van der Waals surface area (Å²) in [6.07, 6.45) is -3.88. The number of carbonyl (C=O) groups is 1. The van der Waals surface area contributed by atoms with Gasteiger partial charge < -0.3 is 0 Å². The van der Waals surface area contributed by atoms with Crippen LogP contribution < -0.4 is 5.48 Å². The second kappa shape index (κ2) is 6.36. The Bertz CT molecular complexity index is 598. The Labute approximate surface area is 118 Å². The molecule has 0 bridgehead atoms. The fourth-order valence-corrected chi connectivity index (χ4v) is 1.51. The molecule has 0 saturated heterocycles. The number of hydroxylamine groups is 1. The summed E-state index contributed by atoms with van der Waals surface area (Å²) in [5.41, 5.74) is 1.90. The van der Waals surface area contributed by atoms with Gasteiger partial charge in [-0.1, -0.05) is 30.3 Å². The van der Waals surface area contributed by atoms with E-state index in [0.29, 0.717) is 6.20 Å². The highest BCUT2D eigenvalue weighted by Gasteiger charge is 2.30. The first-order valence-corrected chi connectivity index (χ1v) is 5.96. The number of aromatic nitrogens is 1. The fourth-order valence-electron chi connectivity index (χ4n) is 1.51. The number of alkyl halides is 3. The van der Waals surface area contributed by atoms with Crippen molar-refractivity contribution in [3.8, 4) is 0 Å². The van der Waals surface area contributed by atoms with E-state index in [2.05, 4.69) is 10.5 Å². The van der Waals surface area contributed by atoms with Crippen LogP contribution in [0.1, 0.15) is 21.6 Å². The van der Waals surface area contributed by atoms with Gasteiger partial charge in [-0.3, -0.25) is 14.6 Å². The third kappa shape index (κ3) is 4.28. The van der Waals surface area contributed by atoms with Gasteiger partial charge in [0.1, 0.15) is 5.69 Å². The highest BCUT2D eigenvalue weighted by atomic mass is 19.4. The highest BCUT2D eigenvalue weighted by molar-refractivity contribution is 5.91. The molecule has 21 heavy (non-hydrogen) atoms. The number of halogens is 3. The average molecular weight is 296 g/mol. The van der Waals surface area contributed by atoms with Gasteiger partial charge >= 0.3 is 6.18 Å². The standard InChI is InChI=1S/C14H11F3N2O2/c15-14(16,17)11-6-7-12(18-8-11)13(20)19-21-9-10-4-2-1-3-5-10/h1-8H,9H2,(H,19,20). The van der Waals surface area contributed by atoms with Crippen LogP contribution in [-0.4, -0.2) is 10.9 Å². The molecule has 4 nitrogen and oxygen atoms in total. The lowest BCUT2D eigenvalue weighted by atomic mass is 10.2. The van der Waals surface area contributed by atoms with E-state index >= 15 is 0 Å². The lowest BCUT2D eigenvalue weighted by Gasteiger charge is -2.08. The molecule has 2 rings (SSSR count). The van der Waals surface area contributed by atoms with E-state index in [1.807, 2.05) is 30.3 Å². The van der Waals surface area contributed by atoms with Crippen LogP contribution in [-0.2, 0) is 17.6 Å². The van der Waals surface area contributed by atoms with Gasteiger partial charge in [0.25, 0.3) is 5.91 Å². The minimum absolute atomic E-state index is 0.146. The Morgan fingerprint density at radius 2 is 1.86 bits per heavy atom. The molecule has 7 heteroatoms. The Morgan fingerprint density at radius 1 is 1.14 bits per heavy atom. The molecule has 0 unspecified atom stereocenters. The molecule has 0 aliphatic rings. The van der Waals surface area contributed by atoms with Gasteiger partial charge in [0, 0.05) is 6.20 Å². The lowest BCUT2D eigenvalue weighted by molar-refractivity contribution is -0.137. The van der Waals surface area contributed by atoms with Gasteiger partial charge in [-0.25, -0.2) is 5.48 Å². The van der Waals surface area contributed by atoms with Crippen LogP contribution in [0.4, 0.5) is 13.2 Å². The molecule has 2 aromatic rings. The van der Waals surface area contributed by atoms with Crippen molar-refractivity contribution in [1.29, 1.82) is 0 Å². The number of benzene rings is 1. The average Bonchev–Trinajstić information content (AvgIpc) is 2.47. The van der Waals surface area contributed by atoms with Gasteiger partial charge in [0.05, 0.1) is 12.2 Å². The van der Waals surface area contributed by atoms with E-state index in [0.717, 1.165) is 17.7 Å². The minimum atomic E-state index is -4.48. The zero-order valence-electron chi connectivity index (χ0n) is 10.7. The first-order valence-electron chi connectivity index (χ1n) is 5.96. The number of amides is 1. The second-order valence-electron chi connectivity index (χ2n) is 4.14. The van der Waals surface area contributed by atoms with Crippen molar-refractivity contribution in [2.75, 3.05) is 0 Å². The maximum atomic E-state index is 12.3. The van der Waals surface area contributed by atoms with Crippen LogP contribution in [0.25, 0.3) is 0 Å². The zero-order valence-corrected chi connectivity index (χ0v) is 10.7. The fraction of sp³-hybridized carbons (Fsp3) is 0.143. The van der Waals surface area contributed by atoms with E-state index in [-0.39, 0.29) is 12.3 Å². The molecule has 0 aliphatic carbocycles. The molecule has 0 saturated carbocycles. The molecular weight excluding hydrogens is 285 g/mol. The first kappa shape index (κ1) is 15.0. The maximum absolute atomic E-state index is 12.3. The van der Waals surface area contributed by atoms with Crippen molar-refractivity contribution in [3.63, 3.8) is 0 Å². The van der Waals surface area contributed by atoms with Crippen molar-refractivity contribution in [2.24, 2.45) is 0 Å². The number of nitrogens with one attached hydrogen (secondary N) is 1. The summed E-state index contributed by atoms with van der Waals surface area (Å²) in [5, 5.41) is 0. The molecule has 0 atom stereocenters. The molecule has 1 aromatic carbocycles. The summed E-state index contributed by atoms with van der Waals surface area (Å²) < 4.78 is 37.0. The number of rotatable bonds is 4. The van der Waals surface area contributed by atoms with Crippen LogP contribution in [0.5, 0.6) is 0 Å². The van der Waals surface area contributed by atoms with Crippen LogP contribution >= 0.6 is 0 Å². The van der Waals surface area contributed by atoms with Crippen molar-refractivity contribution in [1.82, 2.24) is 10.5 Å². The Hall–Kier alpha value is -2.41. The predicted molar refractivity (Wildman–Crippen MR) is 67.9 cm³/mol. The number of nitrogens with zero attached hydrogens (tertiary/aromatic N) is 1. The second-order valence-corrected chi connectivity index (χ2v) is 4.14. The van der Waals surface area contributed by atoms with Gasteiger partial charge in [-0.2, -0.15) is 13.2 Å². The summed E-state index contributed by atoms with van der Waals surface area (Å²) in [7, 11) is 0. The van der Waals surface area contributed by atoms with Gasteiger partial charge in [-0.05, 0) is 17.7 Å². The molecule has 110 valence electrons. The molecule has 1 heterocycles. The zero-order chi connectivity index (χ0) is 15.3. The summed E-state index contributed by atoms with van der Waals surface area (Å²) in [6.45, 7) is 0.146. The van der Waals surface area contributed by atoms with Crippen LogP contribution in [0.3, 0.4) is 0 Å². The molecule has 0 fully saturated rings. The normalized spacial score (nSPS) is 11.2. The highest BCUT2D eigenvalue weighted by Crippen LogP contribution is 2.28. The van der Waals surface area contributed by atoms with E-state index < -0.39 is 17.6 Å². The molecule has 1 aromatic heterocycles. The van der Waals surface area contributed by atoms with Crippen molar-refractivity contribution in [3.05, 3.63) is 65.5 Å². The first-order chi connectivity index (χ1) is 9.97. The predicted octanol–water partition coefficient (Wildman–Crippen LogP) is 2.96. The molecule has 0 aliphatic heterocycles. The summed E-state index contributed by atoms with van der Waals surface area (Å²) in [5.74, 6) is -0.709. The molecule has 1 amide bonds.